The summed E-state index contributed by atoms with van der Waals surface area (Å²) < 4.78 is 4.83. The SMILES string of the molecule is CC(=O)Nc1ccc(N=Cc2c(O)oc(=O)c3ccccc23)cc1. The van der Waals surface area contributed by atoms with Gasteiger partial charge in [0.1, 0.15) is 0 Å². The summed E-state index contributed by atoms with van der Waals surface area (Å²) >= 11 is 0. The van der Waals surface area contributed by atoms with Gasteiger partial charge in [-0.15, -0.1) is 0 Å². The number of carbonyl (C=O) groups is 1. The molecule has 24 heavy (non-hydrogen) atoms. The highest BCUT2D eigenvalue weighted by atomic mass is 16.5. The van der Waals surface area contributed by atoms with E-state index in [-0.39, 0.29) is 5.91 Å². The summed E-state index contributed by atoms with van der Waals surface area (Å²) in [6.45, 7) is 1.43. The predicted octanol–water partition coefficient (Wildman–Crippen LogP) is 3.21. The van der Waals surface area contributed by atoms with E-state index in [1.54, 1.807) is 48.5 Å². The van der Waals surface area contributed by atoms with Gasteiger partial charge in [-0.25, -0.2) is 4.79 Å². The van der Waals surface area contributed by atoms with Crippen LogP contribution in [0.2, 0.25) is 0 Å². The smallest absolute Gasteiger partial charge is 0.346 e. The van der Waals surface area contributed by atoms with Crippen molar-refractivity contribution in [3.63, 3.8) is 0 Å². The summed E-state index contributed by atoms with van der Waals surface area (Å²) in [4.78, 5) is 27.0. The lowest BCUT2D eigenvalue weighted by atomic mass is 10.1. The van der Waals surface area contributed by atoms with E-state index in [2.05, 4.69) is 10.3 Å². The Hall–Kier alpha value is -3.41. The van der Waals surface area contributed by atoms with Crippen LogP contribution in [0.3, 0.4) is 0 Å². The van der Waals surface area contributed by atoms with Crippen molar-refractivity contribution in [1.82, 2.24) is 0 Å². The quantitative estimate of drug-likeness (QED) is 0.724. The van der Waals surface area contributed by atoms with Gasteiger partial charge >= 0.3 is 5.63 Å². The Morgan fingerprint density at radius 2 is 1.79 bits per heavy atom. The number of aromatic hydroxyl groups is 1. The summed E-state index contributed by atoms with van der Waals surface area (Å²) in [5, 5.41) is 13.5. The molecule has 0 radical (unpaired) electrons. The van der Waals surface area contributed by atoms with Gasteiger partial charge in [0.15, 0.2) is 0 Å². The minimum Gasteiger partial charge on any atom is -0.480 e. The van der Waals surface area contributed by atoms with Crippen LogP contribution in [-0.2, 0) is 4.79 Å². The number of aliphatic imine (C=N–C) groups is 1. The molecule has 0 aliphatic carbocycles. The number of benzene rings is 2. The largest absolute Gasteiger partial charge is 0.480 e. The predicted molar refractivity (Wildman–Crippen MR) is 92.1 cm³/mol. The Bertz CT molecular complexity index is 988. The molecule has 0 atom stereocenters. The van der Waals surface area contributed by atoms with Crippen molar-refractivity contribution in [2.75, 3.05) is 5.32 Å². The molecular formula is C18H14N2O4. The molecule has 0 bridgehead atoms. The average Bonchev–Trinajstić information content (AvgIpc) is 2.55. The molecule has 0 saturated carbocycles. The molecule has 3 aromatic rings. The molecule has 1 amide bonds. The molecule has 0 aliphatic heterocycles. The molecule has 0 fully saturated rings. The first-order chi connectivity index (χ1) is 11.5. The van der Waals surface area contributed by atoms with E-state index in [1.165, 1.54) is 13.1 Å². The molecule has 2 N–H and O–H groups in total. The Morgan fingerprint density at radius 1 is 1.12 bits per heavy atom. The number of hydrogen-bond acceptors (Lipinski definition) is 5. The minimum atomic E-state index is -0.597. The van der Waals surface area contributed by atoms with Crippen LogP contribution in [0.1, 0.15) is 12.5 Å². The molecule has 0 unspecified atom stereocenters. The topological polar surface area (TPSA) is 91.9 Å². The third kappa shape index (κ3) is 3.17. The van der Waals surface area contributed by atoms with Crippen LogP contribution in [0, 0.1) is 0 Å². The molecule has 0 spiro atoms. The zero-order valence-electron chi connectivity index (χ0n) is 12.8. The highest BCUT2D eigenvalue weighted by Gasteiger charge is 2.10. The zero-order valence-corrected chi connectivity index (χ0v) is 12.8. The van der Waals surface area contributed by atoms with Crippen LogP contribution >= 0.6 is 0 Å². The van der Waals surface area contributed by atoms with Crippen LogP contribution in [-0.4, -0.2) is 17.2 Å². The maximum atomic E-state index is 11.7. The average molecular weight is 322 g/mol. The van der Waals surface area contributed by atoms with Gasteiger partial charge in [-0.1, -0.05) is 18.2 Å². The monoisotopic (exact) mass is 322 g/mol. The van der Waals surface area contributed by atoms with Crippen molar-refractivity contribution in [2.24, 2.45) is 4.99 Å². The van der Waals surface area contributed by atoms with Gasteiger partial charge in [0.2, 0.25) is 5.91 Å². The molecule has 1 aromatic heterocycles. The lowest BCUT2D eigenvalue weighted by Crippen LogP contribution is -2.04. The highest BCUT2D eigenvalue weighted by molar-refractivity contribution is 6.01. The van der Waals surface area contributed by atoms with Gasteiger partial charge in [0.05, 0.1) is 16.6 Å². The molecule has 1 heterocycles. The van der Waals surface area contributed by atoms with Crippen LogP contribution in [0.25, 0.3) is 10.8 Å². The number of nitrogens with zero attached hydrogens (tertiary/aromatic N) is 1. The standard InChI is InChI=1S/C18H14N2O4/c1-11(21)20-13-8-6-12(7-9-13)19-10-16-14-4-2-3-5-15(14)17(22)24-18(16)23/h2-10,23H,1H3,(H,20,21). The first-order valence-corrected chi connectivity index (χ1v) is 7.21. The van der Waals surface area contributed by atoms with E-state index in [4.69, 9.17) is 4.42 Å². The van der Waals surface area contributed by atoms with Crippen LogP contribution < -0.4 is 10.9 Å². The fourth-order valence-corrected chi connectivity index (χ4v) is 2.31. The number of anilines is 1. The second kappa shape index (κ2) is 6.37. The Labute approximate surface area is 137 Å². The van der Waals surface area contributed by atoms with E-state index < -0.39 is 11.6 Å². The molecule has 6 heteroatoms. The van der Waals surface area contributed by atoms with Crippen molar-refractivity contribution in [1.29, 1.82) is 0 Å². The number of hydrogen-bond donors (Lipinski definition) is 2. The molecule has 0 saturated heterocycles. The van der Waals surface area contributed by atoms with Crippen LogP contribution in [0.4, 0.5) is 11.4 Å². The Morgan fingerprint density at radius 3 is 2.46 bits per heavy atom. The summed E-state index contributed by atoms with van der Waals surface area (Å²) in [5.41, 5.74) is 1.02. The molecule has 2 aromatic carbocycles. The third-order valence-electron chi connectivity index (χ3n) is 3.39. The maximum Gasteiger partial charge on any atom is 0.346 e. The van der Waals surface area contributed by atoms with Crippen LogP contribution in [0.5, 0.6) is 5.95 Å². The second-order valence-corrected chi connectivity index (χ2v) is 5.14. The lowest BCUT2D eigenvalue weighted by molar-refractivity contribution is -0.114. The van der Waals surface area contributed by atoms with Gasteiger partial charge in [0.25, 0.3) is 5.95 Å². The molecule has 6 nitrogen and oxygen atoms in total. The van der Waals surface area contributed by atoms with Gasteiger partial charge in [-0.3, -0.25) is 9.79 Å². The first kappa shape index (κ1) is 15.5. The fraction of sp³-hybridized carbons (Fsp3) is 0.0556. The number of rotatable bonds is 3. The Kier molecular flexibility index (Phi) is 4.11. The molecular weight excluding hydrogens is 308 g/mol. The third-order valence-corrected chi connectivity index (χ3v) is 3.39. The number of fused-ring (bicyclic) bond motifs is 1. The van der Waals surface area contributed by atoms with Crippen molar-refractivity contribution < 1.29 is 14.3 Å². The van der Waals surface area contributed by atoms with Crippen molar-refractivity contribution >= 4 is 34.3 Å². The van der Waals surface area contributed by atoms with Gasteiger partial charge in [0, 0.05) is 24.2 Å². The summed E-state index contributed by atoms with van der Waals surface area (Å²) in [6, 6.07) is 13.7. The van der Waals surface area contributed by atoms with Crippen molar-refractivity contribution in [2.45, 2.75) is 6.92 Å². The summed E-state index contributed by atoms with van der Waals surface area (Å²) in [6.07, 6.45) is 1.44. The second-order valence-electron chi connectivity index (χ2n) is 5.14. The van der Waals surface area contributed by atoms with Gasteiger partial charge in [-0.2, -0.15) is 0 Å². The normalized spacial score (nSPS) is 11.0. The number of nitrogens with one attached hydrogen (secondary N) is 1. The first-order valence-electron chi connectivity index (χ1n) is 7.21. The summed E-state index contributed by atoms with van der Waals surface area (Å²) in [5.74, 6) is -0.626. The summed E-state index contributed by atoms with van der Waals surface area (Å²) in [7, 11) is 0. The van der Waals surface area contributed by atoms with E-state index >= 15 is 0 Å². The lowest BCUT2D eigenvalue weighted by Gasteiger charge is -2.03. The van der Waals surface area contributed by atoms with E-state index in [0.717, 1.165) is 0 Å². The molecule has 120 valence electrons. The minimum absolute atomic E-state index is 0.151. The van der Waals surface area contributed by atoms with E-state index in [1.807, 2.05) is 0 Å². The fourth-order valence-electron chi connectivity index (χ4n) is 2.31. The van der Waals surface area contributed by atoms with Gasteiger partial charge in [-0.05, 0) is 30.3 Å². The van der Waals surface area contributed by atoms with Crippen LogP contribution in [0.15, 0.2) is 62.7 Å². The maximum absolute atomic E-state index is 11.7. The number of amides is 1. The van der Waals surface area contributed by atoms with Crippen molar-refractivity contribution in [3.05, 3.63) is 64.5 Å². The molecule has 3 rings (SSSR count). The Balaban J connectivity index is 1.96. The van der Waals surface area contributed by atoms with Gasteiger partial charge < -0.3 is 14.8 Å². The highest BCUT2D eigenvalue weighted by Crippen LogP contribution is 2.24. The zero-order chi connectivity index (χ0) is 17.1. The molecule has 0 aliphatic rings. The van der Waals surface area contributed by atoms with Crippen molar-refractivity contribution in [3.8, 4) is 5.95 Å². The number of carbonyl (C=O) groups excluding carboxylic acids is 1. The van der Waals surface area contributed by atoms with E-state index in [0.29, 0.717) is 27.7 Å². The van der Waals surface area contributed by atoms with E-state index in [9.17, 15) is 14.7 Å².